The van der Waals surface area contributed by atoms with Crippen molar-refractivity contribution < 1.29 is 36.4 Å². The SMILES string of the molecule is CC1(C)C2CC[C@]3(C)[C@H](C(=O)C=C4[C@@H]5C[C@@](C)(C(=O)NO)CC[C@]5(C)CC[C@]43C)[C@@]2(C)CC[C@@H]1NS(=O)(=O)C(F)(F)F. The quantitative estimate of drug-likeness (QED) is 0.255. The maximum atomic E-state index is 14.4. The fourth-order valence-electron chi connectivity index (χ4n) is 11.0. The van der Waals surface area contributed by atoms with E-state index in [1.165, 1.54) is 0 Å². The number of hydrogen-bond acceptors (Lipinski definition) is 5. The van der Waals surface area contributed by atoms with Gasteiger partial charge < -0.3 is 0 Å². The Kier molecular flexibility index (Phi) is 7.06. The van der Waals surface area contributed by atoms with Crippen LogP contribution in [0.4, 0.5) is 13.2 Å². The van der Waals surface area contributed by atoms with Crippen LogP contribution in [0.5, 0.6) is 0 Å². The summed E-state index contributed by atoms with van der Waals surface area (Å²) in [6.07, 6.45) is 7.84. The molecule has 3 N–H and O–H groups in total. The van der Waals surface area contributed by atoms with Crippen molar-refractivity contribution in [2.24, 2.45) is 50.2 Å². The summed E-state index contributed by atoms with van der Waals surface area (Å²) in [6, 6.07) is -0.889. The minimum absolute atomic E-state index is 0.0171. The highest BCUT2D eigenvalue weighted by atomic mass is 32.2. The molecule has 11 heteroatoms. The van der Waals surface area contributed by atoms with E-state index in [0.29, 0.717) is 32.1 Å². The first-order chi connectivity index (χ1) is 19.0. The summed E-state index contributed by atoms with van der Waals surface area (Å²) in [5, 5.41) is 9.47. The summed E-state index contributed by atoms with van der Waals surface area (Å²) >= 11 is 0. The molecule has 5 rings (SSSR count). The number of halogens is 3. The highest BCUT2D eigenvalue weighted by molar-refractivity contribution is 7.90. The summed E-state index contributed by atoms with van der Waals surface area (Å²) in [5.74, 6) is -0.830. The predicted octanol–water partition coefficient (Wildman–Crippen LogP) is 6.28. The van der Waals surface area contributed by atoms with Crippen molar-refractivity contribution in [3.63, 3.8) is 0 Å². The molecule has 5 aliphatic carbocycles. The average Bonchev–Trinajstić information content (AvgIpc) is 2.86. The number of carbonyl (C=O) groups excluding carboxylic acids is 2. The molecule has 4 fully saturated rings. The van der Waals surface area contributed by atoms with Gasteiger partial charge in [-0.25, -0.2) is 18.6 Å². The molecule has 0 saturated heterocycles. The Morgan fingerprint density at radius 1 is 0.952 bits per heavy atom. The molecule has 0 aliphatic heterocycles. The van der Waals surface area contributed by atoms with E-state index >= 15 is 0 Å². The number of amides is 1. The van der Waals surface area contributed by atoms with E-state index in [9.17, 15) is 36.4 Å². The van der Waals surface area contributed by atoms with E-state index in [1.807, 2.05) is 37.0 Å². The van der Waals surface area contributed by atoms with E-state index in [1.54, 1.807) is 0 Å². The summed E-state index contributed by atoms with van der Waals surface area (Å²) in [6.45, 7) is 14.4. The number of nitrogens with one attached hydrogen (secondary N) is 2. The van der Waals surface area contributed by atoms with Gasteiger partial charge in [0.15, 0.2) is 5.78 Å². The van der Waals surface area contributed by atoms with Crippen LogP contribution in [0.25, 0.3) is 0 Å². The van der Waals surface area contributed by atoms with Gasteiger partial charge >= 0.3 is 15.5 Å². The molecule has 0 aromatic carbocycles. The second-order valence-corrected chi connectivity index (χ2v) is 17.9. The zero-order valence-corrected chi connectivity index (χ0v) is 26.7. The Balaban J connectivity index is 1.54. The monoisotopic (exact) mass is 616 g/mol. The number of allylic oxidation sites excluding steroid dienone is 2. The first kappa shape index (κ1) is 31.9. The van der Waals surface area contributed by atoms with Gasteiger partial charge in [-0.1, -0.05) is 54.0 Å². The molecule has 42 heavy (non-hydrogen) atoms. The normalized spacial score (nSPS) is 46.8. The third-order valence-corrected chi connectivity index (χ3v) is 15.1. The number of sulfonamides is 1. The molecule has 1 amide bonds. The molecule has 0 bridgehead atoms. The fraction of sp³-hybridized carbons (Fsp3) is 0.871. The van der Waals surface area contributed by atoms with Gasteiger partial charge in [0.2, 0.25) is 5.91 Å². The third kappa shape index (κ3) is 4.14. The standard InChI is InChI=1S/C31H47F3N2O5S/c1-25(2)21-8-11-30(7)23(28(21,5)10-9-22(25)36-42(40,41)31(32,33)34)20(37)16-18-19-17-27(4,24(38)35-39)13-12-26(19,3)14-15-29(18,30)6/h16,19,21-23,36,39H,8-15,17H2,1-7H3,(H,35,38)/t19-,21?,22-,23+,26+,27-,28-,29+,30+/m0/s1. The molecule has 0 heterocycles. The number of rotatable bonds is 3. The van der Waals surface area contributed by atoms with Crippen LogP contribution in [0, 0.1) is 50.2 Å². The smallest absolute Gasteiger partial charge is 0.295 e. The largest absolute Gasteiger partial charge is 0.511 e. The number of ketones is 1. The van der Waals surface area contributed by atoms with Gasteiger partial charge in [-0.05, 0) is 103 Å². The molecule has 0 spiro atoms. The van der Waals surface area contributed by atoms with Gasteiger partial charge in [0.05, 0.1) is 0 Å². The van der Waals surface area contributed by atoms with Crippen LogP contribution in [-0.2, 0) is 19.6 Å². The fourth-order valence-corrected chi connectivity index (χ4v) is 11.9. The first-order valence-electron chi connectivity index (χ1n) is 15.3. The molecule has 0 radical (unpaired) electrons. The van der Waals surface area contributed by atoms with Crippen LogP contribution in [-0.4, -0.2) is 36.9 Å². The zero-order valence-electron chi connectivity index (χ0n) is 25.9. The number of fused-ring (bicyclic) bond motifs is 7. The lowest BCUT2D eigenvalue weighted by atomic mass is 9.33. The van der Waals surface area contributed by atoms with Gasteiger partial charge in [-0.15, -0.1) is 0 Å². The van der Waals surface area contributed by atoms with E-state index in [2.05, 4.69) is 27.7 Å². The number of hydrogen-bond donors (Lipinski definition) is 3. The zero-order chi connectivity index (χ0) is 31.5. The summed E-state index contributed by atoms with van der Waals surface area (Å²) < 4.78 is 66.0. The summed E-state index contributed by atoms with van der Waals surface area (Å²) in [7, 11) is -5.50. The minimum Gasteiger partial charge on any atom is -0.295 e. The Morgan fingerprint density at radius 3 is 2.17 bits per heavy atom. The number of carbonyl (C=O) groups is 2. The van der Waals surface area contributed by atoms with E-state index in [-0.39, 0.29) is 40.8 Å². The van der Waals surface area contributed by atoms with E-state index in [0.717, 1.165) is 24.8 Å². The topological polar surface area (TPSA) is 113 Å². The molecule has 0 aromatic rings. The van der Waals surface area contributed by atoms with Crippen molar-refractivity contribution in [3.8, 4) is 0 Å². The van der Waals surface area contributed by atoms with Gasteiger partial charge in [-0.2, -0.15) is 13.2 Å². The van der Waals surface area contributed by atoms with Crippen molar-refractivity contribution >= 4 is 21.7 Å². The Hall–Kier alpha value is -1.46. The van der Waals surface area contributed by atoms with Crippen LogP contribution in [0.2, 0.25) is 0 Å². The number of hydroxylamine groups is 1. The van der Waals surface area contributed by atoms with E-state index < -0.39 is 49.1 Å². The van der Waals surface area contributed by atoms with Gasteiger partial charge in [-0.3, -0.25) is 14.8 Å². The van der Waals surface area contributed by atoms with Crippen LogP contribution in [0.1, 0.15) is 106 Å². The van der Waals surface area contributed by atoms with Crippen LogP contribution >= 0.6 is 0 Å². The Labute approximate surface area is 247 Å². The molecule has 0 aromatic heterocycles. The molecular weight excluding hydrogens is 569 g/mol. The second kappa shape index (κ2) is 9.28. The average molecular weight is 617 g/mol. The molecule has 238 valence electrons. The molecule has 5 aliphatic rings. The lowest BCUT2D eigenvalue weighted by Gasteiger charge is -2.70. The van der Waals surface area contributed by atoms with Gasteiger partial charge in [0.1, 0.15) is 0 Å². The van der Waals surface area contributed by atoms with E-state index in [4.69, 9.17) is 0 Å². The third-order valence-electron chi connectivity index (χ3n) is 13.9. The molecule has 9 atom stereocenters. The highest BCUT2D eigenvalue weighted by Crippen LogP contribution is 2.75. The predicted molar refractivity (Wildman–Crippen MR) is 151 cm³/mol. The van der Waals surface area contributed by atoms with Crippen LogP contribution in [0.15, 0.2) is 11.6 Å². The maximum absolute atomic E-state index is 14.4. The van der Waals surface area contributed by atoms with Crippen molar-refractivity contribution in [2.75, 3.05) is 0 Å². The molecule has 1 unspecified atom stereocenters. The van der Waals surface area contributed by atoms with Crippen LogP contribution in [0.3, 0.4) is 0 Å². The minimum atomic E-state index is -5.50. The summed E-state index contributed by atoms with van der Waals surface area (Å²) in [5.41, 5.74) is -5.22. The van der Waals surface area contributed by atoms with Crippen molar-refractivity contribution in [1.29, 1.82) is 0 Å². The molecule has 7 nitrogen and oxygen atoms in total. The lowest BCUT2D eigenvalue weighted by Crippen LogP contribution is -2.68. The Bertz CT molecular complexity index is 1330. The van der Waals surface area contributed by atoms with Crippen molar-refractivity contribution in [2.45, 2.75) is 118 Å². The molecule has 4 saturated carbocycles. The number of alkyl halides is 3. The van der Waals surface area contributed by atoms with Crippen molar-refractivity contribution in [3.05, 3.63) is 11.6 Å². The molecular formula is C31H47F3N2O5S. The first-order valence-corrected chi connectivity index (χ1v) is 16.8. The lowest BCUT2D eigenvalue weighted by molar-refractivity contribution is -0.188. The Morgan fingerprint density at radius 2 is 1.57 bits per heavy atom. The van der Waals surface area contributed by atoms with Gasteiger partial charge in [0.25, 0.3) is 0 Å². The van der Waals surface area contributed by atoms with Crippen LogP contribution < -0.4 is 10.2 Å². The maximum Gasteiger partial charge on any atom is 0.511 e. The van der Waals surface area contributed by atoms with Crippen molar-refractivity contribution in [1.82, 2.24) is 10.2 Å². The van der Waals surface area contributed by atoms with Gasteiger partial charge in [0, 0.05) is 17.4 Å². The summed E-state index contributed by atoms with van der Waals surface area (Å²) in [4.78, 5) is 27.2. The second-order valence-electron chi connectivity index (χ2n) is 16.2. The highest BCUT2D eigenvalue weighted by Gasteiger charge is 2.70.